The van der Waals surface area contributed by atoms with E-state index in [9.17, 15) is 0 Å². The Kier molecular flexibility index (Phi) is 5.29. The monoisotopic (exact) mass is 446 g/mol. The second kappa shape index (κ2) is 8.28. The molecule has 0 radical (unpaired) electrons. The third kappa shape index (κ3) is 3.25. The minimum Gasteiger partial charge on any atom is -0.493 e. The average molecular weight is 447 g/mol. The van der Waals surface area contributed by atoms with Crippen LogP contribution in [0.4, 0.5) is 5.69 Å². The molecule has 0 fully saturated rings. The van der Waals surface area contributed by atoms with Crippen LogP contribution in [0.1, 0.15) is 33.9 Å². The highest BCUT2D eigenvalue weighted by molar-refractivity contribution is 5.92. The number of fused-ring (bicyclic) bond motifs is 4. The van der Waals surface area contributed by atoms with Crippen LogP contribution in [0.25, 0.3) is 11.8 Å². The molecule has 2 aliphatic rings. The molecule has 6 heteroatoms. The molecule has 2 N–H and O–H groups in total. The Hall–Kier alpha value is -3.80. The number of methoxy groups -OCH3 is 4. The second-order valence-corrected chi connectivity index (χ2v) is 8.18. The number of rotatable bonds is 5. The summed E-state index contributed by atoms with van der Waals surface area (Å²) < 4.78 is 22.7. The number of anilines is 1. The lowest BCUT2D eigenvalue weighted by Crippen LogP contribution is -2.36. The summed E-state index contributed by atoms with van der Waals surface area (Å²) in [5.74, 6) is 2.80. The van der Waals surface area contributed by atoms with Gasteiger partial charge in [0.25, 0.3) is 0 Å². The molecule has 2 heterocycles. The van der Waals surface area contributed by atoms with Crippen LogP contribution >= 0.6 is 0 Å². The lowest BCUT2D eigenvalue weighted by molar-refractivity contribution is 0.305. The molecule has 0 bridgehead atoms. The van der Waals surface area contributed by atoms with E-state index in [0.29, 0.717) is 22.9 Å². The normalized spacial score (nSPS) is 16.2. The minimum absolute atomic E-state index is 0.0743. The summed E-state index contributed by atoms with van der Waals surface area (Å²) in [6, 6.07) is 16.4. The Labute approximate surface area is 194 Å². The van der Waals surface area contributed by atoms with Gasteiger partial charge < -0.3 is 29.6 Å². The van der Waals surface area contributed by atoms with Crippen molar-refractivity contribution in [3.8, 4) is 23.0 Å². The Morgan fingerprint density at radius 2 is 1.55 bits per heavy atom. The fraction of sp³-hybridized carbons (Fsp3) is 0.259. The van der Waals surface area contributed by atoms with Crippen LogP contribution in [0.15, 0.2) is 48.5 Å². The molecule has 3 aromatic rings. The highest BCUT2D eigenvalue weighted by Gasteiger charge is 2.38. The number of nitrogens with zero attached hydrogens (tertiary/aromatic N) is 1. The molecule has 2 aliphatic heterocycles. The highest BCUT2D eigenvalue weighted by atomic mass is 16.5. The summed E-state index contributed by atoms with van der Waals surface area (Å²) in [7, 11) is 6.65. The Balaban J connectivity index is 1.81. The van der Waals surface area contributed by atoms with Crippen LogP contribution in [0.5, 0.6) is 23.0 Å². The van der Waals surface area contributed by atoms with Crippen molar-refractivity contribution in [2.75, 3.05) is 40.7 Å². The van der Waals surface area contributed by atoms with E-state index < -0.39 is 0 Å². The first kappa shape index (κ1) is 21.1. The van der Waals surface area contributed by atoms with Crippen LogP contribution in [-0.4, -0.2) is 39.9 Å². The maximum Gasteiger partial charge on any atom is 0.167 e. The van der Waals surface area contributed by atoms with Crippen molar-refractivity contribution >= 4 is 17.5 Å². The molecule has 0 saturated carbocycles. The molecule has 0 aliphatic carbocycles. The Morgan fingerprint density at radius 3 is 2.21 bits per heavy atom. The molecule has 170 valence electrons. The fourth-order valence-corrected chi connectivity index (χ4v) is 5.08. The molecule has 0 amide bonds. The van der Waals surface area contributed by atoms with Gasteiger partial charge in [0.15, 0.2) is 23.0 Å². The van der Waals surface area contributed by atoms with Gasteiger partial charge in [0.05, 0.1) is 34.5 Å². The van der Waals surface area contributed by atoms with Crippen molar-refractivity contribution < 1.29 is 18.9 Å². The van der Waals surface area contributed by atoms with Gasteiger partial charge in [-0.15, -0.1) is 0 Å². The predicted molar refractivity (Wildman–Crippen MR) is 130 cm³/mol. The van der Waals surface area contributed by atoms with Gasteiger partial charge in [0.2, 0.25) is 0 Å². The number of benzene rings is 3. The number of hydrogen-bond acceptors (Lipinski definition) is 6. The summed E-state index contributed by atoms with van der Waals surface area (Å²) in [4.78, 5) is 2.42. The van der Waals surface area contributed by atoms with Gasteiger partial charge in [0, 0.05) is 40.7 Å². The molecule has 1 atom stereocenters. The third-order valence-corrected chi connectivity index (χ3v) is 6.58. The summed E-state index contributed by atoms with van der Waals surface area (Å²) in [5.41, 5.74) is 13.8. The molecule has 1 unspecified atom stereocenters. The molecule has 3 aromatic carbocycles. The SMILES string of the molecule is COc1cc2c(cc1OC)C1=Cc3c(N)cc(OC)c(OC)c3[14CH](c3ccccc3)N1CC2. The Morgan fingerprint density at radius 1 is 0.848 bits per heavy atom. The van der Waals surface area contributed by atoms with E-state index in [-0.39, 0.29) is 6.04 Å². The van der Waals surface area contributed by atoms with Crippen molar-refractivity contribution in [2.24, 2.45) is 0 Å². The number of nitrogen functional groups attached to an aromatic ring is 1. The molecule has 0 saturated heterocycles. The largest absolute Gasteiger partial charge is 0.493 e. The van der Waals surface area contributed by atoms with Crippen molar-refractivity contribution in [3.63, 3.8) is 0 Å². The minimum atomic E-state index is -0.0743. The first-order chi connectivity index (χ1) is 16.1. The van der Waals surface area contributed by atoms with E-state index in [1.807, 2.05) is 12.1 Å². The maximum absolute atomic E-state index is 6.58. The van der Waals surface area contributed by atoms with Crippen molar-refractivity contribution in [2.45, 2.75) is 12.5 Å². The zero-order valence-electron chi connectivity index (χ0n) is 19.3. The number of hydrogen-bond donors (Lipinski definition) is 1. The molecule has 33 heavy (non-hydrogen) atoms. The second-order valence-electron chi connectivity index (χ2n) is 8.18. The molecule has 0 aromatic heterocycles. The van der Waals surface area contributed by atoms with Crippen molar-refractivity contribution in [3.05, 3.63) is 76.3 Å². The van der Waals surface area contributed by atoms with Crippen LogP contribution in [-0.2, 0) is 6.42 Å². The topological polar surface area (TPSA) is 66.2 Å². The van der Waals surface area contributed by atoms with Gasteiger partial charge in [0.1, 0.15) is 0 Å². The van der Waals surface area contributed by atoms with Gasteiger partial charge in [-0.2, -0.15) is 0 Å². The van der Waals surface area contributed by atoms with E-state index in [2.05, 4.69) is 47.4 Å². The van der Waals surface area contributed by atoms with E-state index in [4.69, 9.17) is 24.7 Å². The summed E-state index contributed by atoms with van der Waals surface area (Å²) >= 11 is 0. The smallest absolute Gasteiger partial charge is 0.167 e. The van der Waals surface area contributed by atoms with Gasteiger partial charge >= 0.3 is 0 Å². The van der Waals surface area contributed by atoms with Gasteiger partial charge in [-0.05, 0) is 35.8 Å². The lowest BCUT2D eigenvalue weighted by Gasteiger charge is -2.44. The highest BCUT2D eigenvalue weighted by Crippen LogP contribution is 2.52. The molecule has 6 nitrogen and oxygen atoms in total. The number of ether oxygens (including phenoxy) is 4. The van der Waals surface area contributed by atoms with Crippen LogP contribution in [0, 0.1) is 0 Å². The van der Waals surface area contributed by atoms with Crippen LogP contribution in [0.3, 0.4) is 0 Å². The van der Waals surface area contributed by atoms with Gasteiger partial charge in [-0.1, -0.05) is 30.3 Å². The third-order valence-electron chi connectivity index (χ3n) is 6.58. The molecular weight excluding hydrogens is 418 g/mol. The zero-order valence-corrected chi connectivity index (χ0v) is 19.3. The Bertz CT molecular complexity index is 1240. The molecule has 5 rings (SSSR count). The molecular formula is C27H28N2O4. The first-order valence-corrected chi connectivity index (χ1v) is 10.9. The van der Waals surface area contributed by atoms with Crippen molar-refractivity contribution in [1.29, 1.82) is 0 Å². The lowest BCUT2D eigenvalue weighted by atomic mass is 9.92. The van der Waals surface area contributed by atoms with E-state index in [1.54, 1.807) is 28.4 Å². The van der Waals surface area contributed by atoms with E-state index >= 15 is 0 Å². The van der Waals surface area contributed by atoms with Gasteiger partial charge in [-0.25, -0.2) is 0 Å². The number of nitrogens with two attached hydrogens (primary N) is 1. The summed E-state index contributed by atoms with van der Waals surface area (Å²) in [5, 5.41) is 0. The van der Waals surface area contributed by atoms with Crippen LogP contribution in [0.2, 0.25) is 0 Å². The standard InChI is InChI=1S/C27H28N2O4/c1-30-22-12-17-10-11-29-21(18(17)14-23(22)31-2)13-19-20(28)15-24(32-3)27(33-4)25(19)26(29)16-8-6-5-7-9-16/h5-9,12-15,26H,10-11,28H2,1-4H3/i26+2. The molecule has 0 spiro atoms. The zero-order chi connectivity index (χ0) is 23.1. The first-order valence-electron chi connectivity index (χ1n) is 10.9. The van der Waals surface area contributed by atoms with Gasteiger partial charge in [-0.3, -0.25) is 0 Å². The summed E-state index contributed by atoms with van der Waals surface area (Å²) in [6.07, 6.45) is 3.05. The fourth-order valence-electron chi connectivity index (χ4n) is 5.08. The average Bonchev–Trinajstić information content (AvgIpc) is 2.86. The maximum atomic E-state index is 6.58. The predicted octanol–water partition coefficient (Wildman–Crippen LogP) is 4.76. The quantitative estimate of drug-likeness (QED) is 0.570. The van der Waals surface area contributed by atoms with E-state index in [1.165, 1.54) is 11.1 Å². The van der Waals surface area contributed by atoms with Crippen molar-refractivity contribution in [1.82, 2.24) is 4.90 Å². The summed E-state index contributed by atoms with van der Waals surface area (Å²) in [6.45, 7) is 0.841. The van der Waals surface area contributed by atoms with E-state index in [0.717, 1.165) is 41.1 Å². The van der Waals surface area contributed by atoms with Crippen LogP contribution < -0.4 is 24.7 Å².